The van der Waals surface area contributed by atoms with E-state index in [9.17, 15) is 0 Å². The predicted octanol–water partition coefficient (Wildman–Crippen LogP) is 4.73. The summed E-state index contributed by atoms with van der Waals surface area (Å²) in [7, 11) is 1.61. The molecule has 3 aromatic rings. The number of methoxy groups -OCH3 is 1. The fourth-order valence-corrected chi connectivity index (χ4v) is 4.55. The summed E-state index contributed by atoms with van der Waals surface area (Å²) in [4.78, 5) is 8.80. The highest BCUT2D eigenvalue weighted by Gasteiger charge is 2.43. The number of ether oxygens (including phenoxy) is 4. The van der Waals surface area contributed by atoms with E-state index in [1.54, 1.807) is 7.11 Å². The van der Waals surface area contributed by atoms with Crippen LogP contribution in [0.1, 0.15) is 6.42 Å². The molecule has 9 heteroatoms. The van der Waals surface area contributed by atoms with Crippen molar-refractivity contribution in [2.45, 2.75) is 24.7 Å². The molecule has 1 aromatic heterocycles. The van der Waals surface area contributed by atoms with Crippen LogP contribution in [-0.2, 0) is 9.47 Å². The SMILES string of the molecule is COc1cc2c(Nc3ccc(Br)cc3Cl)ncnc2cc1O[C@@H]1COC2CCOC21. The molecule has 0 aliphatic carbocycles. The zero-order chi connectivity index (χ0) is 20.7. The minimum absolute atomic E-state index is 0.0485. The molecule has 2 saturated heterocycles. The molecule has 0 spiro atoms. The molecule has 7 nitrogen and oxygen atoms in total. The smallest absolute Gasteiger partial charge is 0.164 e. The van der Waals surface area contributed by atoms with Gasteiger partial charge in [-0.25, -0.2) is 9.97 Å². The van der Waals surface area contributed by atoms with Crippen molar-refractivity contribution >= 4 is 49.9 Å². The summed E-state index contributed by atoms with van der Waals surface area (Å²) in [5.41, 5.74) is 1.46. The van der Waals surface area contributed by atoms with E-state index in [1.165, 1.54) is 6.33 Å². The maximum Gasteiger partial charge on any atom is 0.164 e. The molecule has 30 heavy (non-hydrogen) atoms. The Kier molecular flexibility index (Phi) is 5.41. The van der Waals surface area contributed by atoms with Crippen LogP contribution in [0, 0.1) is 0 Å². The molecule has 2 aromatic carbocycles. The van der Waals surface area contributed by atoms with Crippen LogP contribution in [0.3, 0.4) is 0 Å². The summed E-state index contributed by atoms with van der Waals surface area (Å²) >= 11 is 9.76. The van der Waals surface area contributed by atoms with Gasteiger partial charge in [-0.2, -0.15) is 0 Å². The molecule has 3 atom stereocenters. The maximum atomic E-state index is 6.35. The molecule has 2 aliphatic rings. The van der Waals surface area contributed by atoms with Gasteiger partial charge in [-0.1, -0.05) is 27.5 Å². The van der Waals surface area contributed by atoms with Crippen molar-refractivity contribution in [3.63, 3.8) is 0 Å². The molecule has 2 unspecified atom stereocenters. The fourth-order valence-electron chi connectivity index (χ4n) is 3.83. The van der Waals surface area contributed by atoms with Crippen LogP contribution in [-0.4, -0.2) is 48.6 Å². The van der Waals surface area contributed by atoms with Crippen molar-refractivity contribution in [3.05, 3.63) is 46.2 Å². The second kappa shape index (κ2) is 8.19. The molecule has 0 saturated carbocycles. The monoisotopic (exact) mass is 491 g/mol. The van der Waals surface area contributed by atoms with E-state index in [1.807, 2.05) is 30.3 Å². The lowest BCUT2D eigenvalue weighted by Crippen LogP contribution is -2.32. The highest BCUT2D eigenvalue weighted by Crippen LogP contribution is 2.38. The average molecular weight is 493 g/mol. The van der Waals surface area contributed by atoms with Gasteiger partial charge in [-0.05, 0) is 30.7 Å². The average Bonchev–Trinajstić information content (AvgIpc) is 3.35. The molecule has 0 radical (unpaired) electrons. The molecule has 5 rings (SSSR count). The maximum absolute atomic E-state index is 6.35. The van der Waals surface area contributed by atoms with Gasteiger partial charge in [0.05, 0.1) is 36.0 Å². The predicted molar refractivity (Wildman–Crippen MR) is 117 cm³/mol. The van der Waals surface area contributed by atoms with Crippen molar-refractivity contribution in [1.29, 1.82) is 0 Å². The Hall–Kier alpha value is -2.13. The lowest BCUT2D eigenvalue weighted by atomic mass is 10.1. The van der Waals surface area contributed by atoms with Crippen molar-refractivity contribution in [2.75, 3.05) is 25.6 Å². The quantitative estimate of drug-likeness (QED) is 0.552. The normalized spacial score (nSPS) is 22.8. The summed E-state index contributed by atoms with van der Waals surface area (Å²) in [6.07, 6.45) is 2.29. The molecule has 1 N–H and O–H groups in total. The van der Waals surface area contributed by atoms with Crippen LogP contribution < -0.4 is 14.8 Å². The van der Waals surface area contributed by atoms with E-state index >= 15 is 0 Å². The first-order valence-electron chi connectivity index (χ1n) is 9.57. The molecular weight excluding hydrogens is 474 g/mol. The third-order valence-corrected chi connectivity index (χ3v) is 6.11. The van der Waals surface area contributed by atoms with E-state index in [0.29, 0.717) is 35.6 Å². The lowest BCUT2D eigenvalue weighted by Gasteiger charge is -2.20. The minimum atomic E-state index is -0.176. The number of fused-ring (bicyclic) bond motifs is 2. The second-order valence-corrected chi connectivity index (χ2v) is 8.47. The standard InChI is InChI=1S/C21H19BrClN3O4/c1-27-17-7-12-15(8-18(17)30-19-9-29-16-4-5-28-20(16)19)24-10-25-21(12)26-14-3-2-11(22)6-13(14)23/h2-3,6-8,10,16,19-20H,4-5,9H2,1H3,(H,24,25,26)/t16?,19-,20?/m1/s1. The number of hydrogen-bond donors (Lipinski definition) is 1. The van der Waals surface area contributed by atoms with Gasteiger partial charge in [0, 0.05) is 22.5 Å². The molecule has 0 bridgehead atoms. The van der Waals surface area contributed by atoms with Crippen LogP contribution in [0.15, 0.2) is 41.1 Å². The van der Waals surface area contributed by atoms with E-state index in [2.05, 4.69) is 31.2 Å². The topological polar surface area (TPSA) is 74.7 Å². The van der Waals surface area contributed by atoms with Crippen molar-refractivity contribution in [3.8, 4) is 11.5 Å². The Morgan fingerprint density at radius 1 is 1.17 bits per heavy atom. The summed E-state index contributed by atoms with van der Waals surface area (Å²) < 4.78 is 24.3. The van der Waals surface area contributed by atoms with Crippen LogP contribution in [0.5, 0.6) is 11.5 Å². The van der Waals surface area contributed by atoms with E-state index in [4.69, 9.17) is 30.5 Å². The summed E-state index contributed by atoms with van der Waals surface area (Å²) in [6, 6.07) is 9.33. The van der Waals surface area contributed by atoms with Gasteiger partial charge in [0.1, 0.15) is 18.2 Å². The lowest BCUT2D eigenvalue weighted by molar-refractivity contribution is 0.0298. The van der Waals surface area contributed by atoms with Crippen molar-refractivity contribution < 1.29 is 18.9 Å². The zero-order valence-electron chi connectivity index (χ0n) is 16.1. The number of benzene rings is 2. The summed E-state index contributed by atoms with van der Waals surface area (Å²) in [5.74, 6) is 1.81. The van der Waals surface area contributed by atoms with Gasteiger partial charge in [-0.15, -0.1) is 0 Å². The van der Waals surface area contributed by atoms with Crippen molar-refractivity contribution in [2.24, 2.45) is 0 Å². The molecule has 0 amide bonds. The molecule has 156 valence electrons. The Balaban J connectivity index is 1.48. The number of aromatic nitrogens is 2. The molecule has 2 fully saturated rings. The highest BCUT2D eigenvalue weighted by molar-refractivity contribution is 9.10. The van der Waals surface area contributed by atoms with Gasteiger partial charge in [-0.3, -0.25) is 0 Å². The number of anilines is 2. The summed E-state index contributed by atoms with van der Waals surface area (Å²) in [5, 5.41) is 4.65. The van der Waals surface area contributed by atoms with Gasteiger partial charge < -0.3 is 24.3 Å². The van der Waals surface area contributed by atoms with Gasteiger partial charge in [0.2, 0.25) is 0 Å². The van der Waals surface area contributed by atoms with Gasteiger partial charge >= 0.3 is 0 Å². The third-order valence-electron chi connectivity index (χ3n) is 5.30. The fraction of sp³-hybridized carbons (Fsp3) is 0.333. The highest BCUT2D eigenvalue weighted by atomic mass is 79.9. The first kappa shape index (κ1) is 19.8. The summed E-state index contributed by atoms with van der Waals surface area (Å²) in [6.45, 7) is 1.19. The van der Waals surface area contributed by atoms with Crippen molar-refractivity contribution in [1.82, 2.24) is 9.97 Å². The number of rotatable bonds is 5. The van der Waals surface area contributed by atoms with Crippen LogP contribution in [0.25, 0.3) is 10.9 Å². The number of hydrogen-bond acceptors (Lipinski definition) is 7. The largest absolute Gasteiger partial charge is 0.493 e. The first-order valence-corrected chi connectivity index (χ1v) is 10.7. The van der Waals surface area contributed by atoms with Crippen LogP contribution in [0.2, 0.25) is 5.02 Å². The molecule has 3 heterocycles. The van der Waals surface area contributed by atoms with E-state index < -0.39 is 0 Å². The zero-order valence-corrected chi connectivity index (χ0v) is 18.4. The number of nitrogens with zero attached hydrogens (tertiary/aromatic N) is 2. The number of nitrogens with one attached hydrogen (secondary N) is 1. The molecular formula is C21H19BrClN3O4. The number of halogens is 2. The Bertz CT molecular complexity index is 1100. The Morgan fingerprint density at radius 2 is 2.07 bits per heavy atom. The van der Waals surface area contributed by atoms with Gasteiger partial charge in [0.25, 0.3) is 0 Å². The second-order valence-electron chi connectivity index (χ2n) is 7.14. The van der Waals surface area contributed by atoms with Crippen LogP contribution in [0.4, 0.5) is 11.5 Å². The minimum Gasteiger partial charge on any atom is -0.493 e. The molecule has 2 aliphatic heterocycles. The Labute approximate surface area is 186 Å². The van der Waals surface area contributed by atoms with Crippen LogP contribution >= 0.6 is 27.5 Å². The Morgan fingerprint density at radius 3 is 2.90 bits per heavy atom. The first-order chi connectivity index (χ1) is 14.6. The van der Waals surface area contributed by atoms with E-state index in [-0.39, 0.29) is 18.3 Å². The third kappa shape index (κ3) is 3.69. The van der Waals surface area contributed by atoms with E-state index in [0.717, 1.165) is 27.5 Å². The van der Waals surface area contributed by atoms with Gasteiger partial charge in [0.15, 0.2) is 17.6 Å².